The number of hydrogen-bond acceptors (Lipinski definition) is 4. The van der Waals surface area contributed by atoms with Gasteiger partial charge in [0.2, 0.25) is 5.95 Å². The van der Waals surface area contributed by atoms with Crippen molar-refractivity contribution in [2.45, 2.75) is 13.8 Å². The van der Waals surface area contributed by atoms with E-state index < -0.39 is 0 Å². The zero-order valence-electron chi connectivity index (χ0n) is 10.1. The Morgan fingerprint density at radius 2 is 2.17 bits per heavy atom. The number of anilines is 1. The van der Waals surface area contributed by atoms with E-state index in [-0.39, 0.29) is 5.75 Å². The number of nitrogen functional groups attached to an aromatic ring is 1. The minimum atomic E-state index is 0.231. The molecular weight excluding hydrogens is 343 g/mol. The van der Waals surface area contributed by atoms with Crippen LogP contribution in [0.4, 0.5) is 5.95 Å². The average Bonchev–Trinajstić information content (AvgIpc) is 2.60. The number of phenols is 1. The number of phenolic OH excluding ortho intramolecular Hbond substituents is 1. The van der Waals surface area contributed by atoms with E-state index in [1.54, 1.807) is 12.4 Å². The molecule has 0 saturated heterocycles. The fourth-order valence-corrected chi connectivity index (χ4v) is 2.38. The van der Waals surface area contributed by atoms with E-state index >= 15 is 0 Å². The van der Waals surface area contributed by atoms with Gasteiger partial charge in [0.1, 0.15) is 5.75 Å². The lowest BCUT2D eigenvalue weighted by Crippen LogP contribution is -1.97. The van der Waals surface area contributed by atoms with Crippen molar-refractivity contribution in [3.8, 4) is 5.75 Å². The highest BCUT2D eigenvalue weighted by atomic mass is 127. The van der Waals surface area contributed by atoms with Crippen LogP contribution in [0.15, 0.2) is 23.4 Å². The van der Waals surface area contributed by atoms with Gasteiger partial charge in [0.15, 0.2) is 0 Å². The third-order valence-electron chi connectivity index (χ3n) is 2.45. The monoisotopic (exact) mass is 356 g/mol. The minimum Gasteiger partial charge on any atom is -0.507 e. The van der Waals surface area contributed by atoms with Crippen molar-refractivity contribution in [2.24, 2.45) is 5.10 Å². The molecule has 0 fully saturated rings. The first kappa shape index (κ1) is 12.9. The van der Waals surface area contributed by atoms with Crippen LogP contribution in [-0.4, -0.2) is 21.0 Å². The summed E-state index contributed by atoms with van der Waals surface area (Å²) in [4.78, 5) is 4.04. The number of hydrogen-bond donors (Lipinski definition) is 2. The van der Waals surface area contributed by atoms with Crippen LogP contribution >= 0.6 is 22.6 Å². The van der Waals surface area contributed by atoms with Crippen LogP contribution in [0.1, 0.15) is 16.8 Å². The van der Waals surface area contributed by atoms with E-state index in [4.69, 9.17) is 5.73 Å². The molecule has 1 aromatic carbocycles. The summed E-state index contributed by atoms with van der Waals surface area (Å²) in [5.41, 5.74) is 7.95. The summed E-state index contributed by atoms with van der Waals surface area (Å²) < 4.78 is 2.52. The fraction of sp³-hybridized carbons (Fsp3) is 0.167. The van der Waals surface area contributed by atoms with Crippen molar-refractivity contribution in [3.05, 3.63) is 38.7 Å². The molecule has 3 N–H and O–H groups in total. The zero-order chi connectivity index (χ0) is 13.3. The summed E-state index contributed by atoms with van der Waals surface area (Å²) in [5.74, 6) is 0.556. The summed E-state index contributed by atoms with van der Waals surface area (Å²) in [6, 6.07) is 3.76. The molecule has 2 aromatic rings. The quantitative estimate of drug-likeness (QED) is 0.640. The van der Waals surface area contributed by atoms with Crippen LogP contribution in [0.25, 0.3) is 0 Å². The molecule has 5 nitrogen and oxygen atoms in total. The van der Waals surface area contributed by atoms with Gasteiger partial charge in [0.25, 0.3) is 0 Å². The first-order chi connectivity index (χ1) is 8.47. The predicted molar refractivity (Wildman–Crippen MR) is 79.9 cm³/mol. The predicted octanol–water partition coefficient (Wildman–Crippen LogP) is 2.27. The maximum atomic E-state index is 9.92. The highest BCUT2D eigenvalue weighted by Crippen LogP contribution is 2.23. The lowest BCUT2D eigenvalue weighted by molar-refractivity contribution is 0.470. The van der Waals surface area contributed by atoms with Crippen molar-refractivity contribution < 1.29 is 5.11 Å². The number of rotatable bonds is 2. The van der Waals surface area contributed by atoms with Gasteiger partial charge in [0.05, 0.1) is 18.1 Å². The van der Waals surface area contributed by atoms with Gasteiger partial charge in [-0.2, -0.15) is 5.10 Å². The maximum absolute atomic E-state index is 9.92. The van der Waals surface area contributed by atoms with Crippen LogP contribution in [0.2, 0.25) is 0 Å². The van der Waals surface area contributed by atoms with Crippen LogP contribution in [-0.2, 0) is 0 Å². The Labute approximate surface area is 118 Å². The number of aromatic hydroxyl groups is 1. The lowest BCUT2D eigenvalue weighted by atomic mass is 10.1. The summed E-state index contributed by atoms with van der Waals surface area (Å²) >= 11 is 2.20. The highest BCUT2D eigenvalue weighted by molar-refractivity contribution is 14.1. The first-order valence-corrected chi connectivity index (χ1v) is 6.40. The van der Waals surface area contributed by atoms with E-state index in [2.05, 4.69) is 32.7 Å². The largest absolute Gasteiger partial charge is 0.507 e. The molecule has 1 aromatic heterocycles. The van der Waals surface area contributed by atoms with Crippen LogP contribution in [0.5, 0.6) is 5.75 Å². The van der Waals surface area contributed by atoms with Crippen molar-refractivity contribution in [1.29, 1.82) is 0 Å². The van der Waals surface area contributed by atoms with E-state index in [9.17, 15) is 5.11 Å². The molecule has 0 amide bonds. The maximum Gasteiger partial charge on any atom is 0.221 e. The standard InChI is InChI=1S/C12H13IN4O/c1-7-3-10(13)4-9(11(7)18)5-15-17-6-8(2)16-12(17)14/h3-6,18H,1-2H3,(H2,14,16). The normalized spacial score (nSPS) is 11.3. The van der Waals surface area contributed by atoms with Gasteiger partial charge in [-0.05, 0) is 54.1 Å². The second kappa shape index (κ2) is 4.97. The molecule has 1 heterocycles. The second-order valence-electron chi connectivity index (χ2n) is 3.99. The molecule has 0 aliphatic carbocycles. The molecule has 0 spiro atoms. The second-order valence-corrected chi connectivity index (χ2v) is 5.24. The van der Waals surface area contributed by atoms with Crippen molar-refractivity contribution in [3.63, 3.8) is 0 Å². The zero-order valence-corrected chi connectivity index (χ0v) is 12.2. The molecule has 0 saturated carbocycles. The summed E-state index contributed by atoms with van der Waals surface area (Å²) in [7, 11) is 0. The minimum absolute atomic E-state index is 0.231. The number of aryl methyl sites for hydroxylation is 2. The Morgan fingerprint density at radius 1 is 1.44 bits per heavy atom. The van der Waals surface area contributed by atoms with Crippen molar-refractivity contribution in [1.82, 2.24) is 9.66 Å². The molecular formula is C12H13IN4O. The molecule has 0 aliphatic heterocycles. The van der Waals surface area contributed by atoms with Crippen molar-refractivity contribution in [2.75, 3.05) is 5.73 Å². The number of nitrogens with zero attached hydrogens (tertiary/aromatic N) is 3. The Bertz CT molecular complexity index is 619. The smallest absolute Gasteiger partial charge is 0.221 e. The van der Waals surface area contributed by atoms with Gasteiger partial charge in [-0.3, -0.25) is 0 Å². The first-order valence-electron chi connectivity index (χ1n) is 5.32. The molecule has 0 radical (unpaired) electrons. The third-order valence-corrected chi connectivity index (χ3v) is 3.07. The summed E-state index contributed by atoms with van der Waals surface area (Å²) in [6.07, 6.45) is 3.30. The Hall–Kier alpha value is -1.57. The molecule has 18 heavy (non-hydrogen) atoms. The van der Waals surface area contributed by atoms with Gasteiger partial charge in [0, 0.05) is 9.13 Å². The number of aromatic nitrogens is 2. The lowest BCUT2D eigenvalue weighted by Gasteiger charge is -2.04. The number of benzene rings is 1. The molecule has 0 bridgehead atoms. The summed E-state index contributed by atoms with van der Waals surface area (Å²) in [5, 5.41) is 14.1. The number of nitrogens with two attached hydrogens (primary N) is 1. The van der Waals surface area contributed by atoms with Crippen LogP contribution < -0.4 is 5.73 Å². The number of imidazole rings is 1. The van der Waals surface area contributed by atoms with Gasteiger partial charge >= 0.3 is 0 Å². The van der Waals surface area contributed by atoms with Crippen LogP contribution in [0.3, 0.4) is 0 Å². The number of halogens is 1. The molecule has 0 unspecified atom stereocenters. The van der Waals surface area contributed by atoms with E-state index in [1.807, 2.05) is 26.0 Å². The van der Waals surface area contributed by atoms with Gasteiger partial charge in [-0.25, -0.2) is 9.66 Å². The highest BCUT2D eigenvalue weighted by Gasteiger charge is 2.04. The van der Waals surface area contributed by atoms with Crippen molar-refractivity contribution >= 4 is 34.8 Å². The van der Waals surface area contributed by atoms with Crippen LogP contribution in [0, 0.1) is 17.4 Å². The van der Waals surface area contributed by atoms with Gasteiger partial charge in [-0.15, -0.1) is 0 Å². The molecule has 94 valence electrons. The Balaban J connectivity index is 2.37. The Kier molecular flexibility index (Phi) is 3.55. The SMILES string of the molecule is Cc1cn(N=Cc2cc(I)cc(C)c2O)c(N)n1. The van der Waals surface area contributed by atoms with E-state index in [0.29, 0.717) is 11.5 Å². The van der Waals surface area contributed by atoms with Gasteiger partial charge in [-0.1, -0.05) is 0 Å². The Morgan fingerprint density at radius 3 is 2.78 bits per heavy atom. The third kappa shape index (κ3) is 2.63. The van der Waals surface area contributed by atoms with E-state index in [1.165, 1.54) is 4.68 Å². The molecule has 6 heteroatoms. The fourth-order valence-electron chi connectivity index (χ4n) is 1.58. The average molecular weight is 356 g/mol. The van der Waals surface area contributed by atoms with Gasteiger partial charge < -0.3 is 10.8 Å². The summed E-state index contributed by atoms with van der Waals surface area (Å²) in [6.45, 7) is 3.69. The topological polar surface area (TPSA) is 76.4 Å². The van der Waals surface area contributed by atoms with E-state index in [0.717, 1.165) is 14.8 Å². The molecule has 0 atom stereocenters. The molecule has 2 rings (SSSR count). The molecule has 0 aliphatic rings.